The molecule has 0 spiro atoms. The van der Waals surface area contributed by atoms with E-state index in [1.807, 2.05) is 6.92 Å². The highest BCUT2D eigenvalue weighted by molar-refractivity contribution is 6.06. The number of carbonyl (C=O) groups excluding carboxylic acids is 2. The number of primary amides is 1. The summed E-state index contributed by atoms with van der Waals surface area (Å²) in [5, 5.41) is 2.85. The topological polar surface area (TPSA) is 72.2 Å². The summed E-state index contributed by atoms with van der Waals surface area (Å²) in [6.45, 7) is 3.99. The van der Waals surface area contributed by atoms with Gasteiger partial charge >= 0.3 is 0 Å². The summed E-state index contributed by atoms with van der Waals surface area (Å²) in [7, 11) is 0. The Morgan fingerprint density at radius 2 is 1.88 bits per heavy atom. The van der Waals surface area contributed by atoms with Crippen molar-refractivity contribution in [1.82, 2.24) is 5.32 Å². The van der Waals surface area contributed by atoms with Crippen molar-refractivity contribution in [2.45, 2.75) is 32.7 Å². The molecule has 0 saturated heterocycles. The van der Waals surface area contributed by atoms with Gasteiger partial charge in [-0.15, -0.1) is 0 Å². The number of amides is 2. The van der Waals surface area contributed by atoms with Gasteiger partial charge in [0.15, 0.2) is 0 Å². The smallest absolute Gasteiger partial charge is 0.252 e. The molecule has 4 heteroatoms. The maximum Gasteiger partial charge on any atom is 0.252 e. The van der Waals surface area contributed by atoms with Crippen LogP contribution in [0, 0.1) is 0 Å². The Morgan fingerprint density at radius 3 is 2.41 bits per heavy atom. The molecule has 2 amide bonds. The van der Waals surface area contributed by atoms with Gasteiger partial charge in [0.2, 0.25) is 5.91 Å². The lowest BCUT2D eigenvalue weighted by atomic mass is 10.1. The predicted molar refractivity (Wildman–Crippen MR) is 66.8 cm³/mol. The number of nitrogens with two attached hydrogens (primary N) is 1. The molecule has 3 N–H and O–H groups in total. The maximum atomic E-state index is 11.9. The lowest BCUT2D eigenvalue weighted by Gasteiger charge is -2.13. The van der Waals surface area contributed by atoms with E-state index >= 15 is 0 Å². The summed E-state index contributed by atoms with van der Waals surface area (Å²) in [6, 6.07) is 6.65. The number of nitrogens with one attached hydrogen (secondary N) is 1. The highest BCUT2D eigenvalue weighted by Crippen LogP contribution is 2.08. The van der Waals surface area contributed by atoms with Gasteiger partial charge in [0.25, 0.3) is 5.91 Å². The van der Waals surface area contributed by atoms with E-state index in [0.717, 1.165) is 12.8 Å². The monoisotopic (exact) mass is 234 g/mol. The summed E-state index contributed by atoms with van der Waals surface area (Å²) in [5.41, 5.74) is 5.82. The van der Waals surface area contributed by atoms with Crippen LogP contribution in [0.3, 0.4) is 0 Å². The van der Waals surface area contributed by atoms with Crippen molar-refractivity contribution >= 4 is 11.8 Å². The fraction of sp³-hybridized carbons (Fsp3) is 0.385. The fourth-order valence-electron chi connectivity index (χ4n) is 1.70. The molecule has 1 atom stereocenters. The van der Waals surface area contributed by atoms with Crippen LogP contribution in [0.15, 0.2) is 24.3 Å². The van der Waals surface area contributed by atoms with Gasteiger partial charge in [0.1, 0.15) is 0 Å². The van der Waals surface area contributed by atoms with Crippen LogP contribution < -0.4 is 11.1 Å². The molecule has 0 radical (unpaired) electrons. The van der Waals surface area contributed by atoms with Crippen LogP contribution in [0.25, 0.3) is 0 Å². The summed E-state index contributed by atoms with van der Waals surface area (Å²) >= 11 is 0. The molecular formula is C13H18N2O2. The molecule has 0 aromatic heterocycles. The lowest BCUT2D eigenvalue weighted by Crippen LogP contribution is -2.33. The van der Waals surface area contributed by atoms with Crippen LogP contribution >= 0.6 is 0 Å². The molecule has 0 bridgehead atoms. The Hall–Kier alpha value is -1.84. The second kappa shape index (κ2) is 6.03. The first-order valence-electron chi connectivity index (χ1n) is 5.76. The third-order valence-electron chi connectivity index (χ3n) is 2.54. The third kappa shape index (κ3) is 3.59. The Bertz CT molecular complexity index is 416. The predicted octanol–water partition coefficient (Wildman–Crippen LogP) is 1.70. The van der Waals surface area contributed by atoms with E-state index in [1.165, 1.54) is 0 Å². The van der Waals surface area contributed by atoms with Gasteiger partial charge in [-0.1, -0.05) is 25.5 Å². The molecule has 1 aromatic carbocycles. The van der Waals surface area contributed by atoms with Crippen molar-refractivity contribution in [3.63, 3.8) is 0 Å². The summed E-state index contributed by atoms with van der Waals surface area (Å²) in [5.74, 6) is -0.834. The Labute approximate surface area is 101 Å². The van der Waals surface area contributed by atoms with Gasteiger partial charge in [-0.3, -0.25) is 9.59 Å². The van der Waals surface area contributed by atoms with Gasteiger partial charge in [-0.05, 0) is 25.5 Å². The SMILES string of the molecule is CCCC(C)NC(=O)c1ccccc1C(N)=O. The first-order valence-corrected chi connectivity index (χ1v) is 5.76. The summed E-state index contributed by atoms with van der Waals surface area (Å²) < 4.78 is 0. The number of carbonyl (C=O) groups is 2. The molecule has 0 heterocycles. The van der Waals surface area contributed by atoms with Gasteiger partial charge in [0.05, 0.1) is 11.1 Å². The molecule has 92 valence electrons. The standard InChI is InChI=1S/C13H18N2O2/c1-3-6-9(2)15-13(17)11-8-5-4-7-10(11)12(14)16/h4-5,7-9H,3,6H2,1-2H3,(H2,14,16)(H,15,17). The van der Waals surface area contributed by atoms with Crippen molar-refractivity contribution in [2.24, 2.45) is 5.73 Å². The van der Waals surface area contributed by atoms with Crippen molar-refractivity contribution in [3.05, 3.63) is 35.4 Å². The molecule has 0 fully saturated rings. The minimum Gasteiger partial charge on any atom is -0.366 e. The van der Waals surface area contributed by atoms with Crippen LogP contribution in [0.5, 0.6) is 0 Å². The largest absolute Gasteiger partial charge is 0.366 e. The van der Waals surface area contributed by atoms with Crippen LogP contribution in [-0.4, -0.2) is 17.9 Å². The molecule has 1 aromatic rings. The van der Waals surface area contributed by atoms with Crippen molar-refractivity contribution in [1.29, 1.82) is 0 Å². The van der Waals surface area contributed by atoms with E-state index in [1.54, 1.807) is 24.3 Å². The average molecular weight is 234 g/mol. The highest BCUT2D eigenvalue weighted by atomic mass is 16.2. The van der Waals surface area contributed by atoms with Crippen LogP contribution in [-0.2, 0) is 0 Å². The van der Waals surface area contributed by atoms with Gasteiger partial charge in [0, 0.05) is 6.04 Å². The second-order valence-corrected chi connectivity index (χ2v) is 4.07. The molecular weight excluding hydrogens is 216 g/mol. The first kappa shape index (κ1) is 13.2. The van der Waals surface area contributed by atoms with Crippen molar-refractivity contribution in [2.75, 3.05) is 0 Å². The van der Waals surface area contributed by atoms with Crippen molar-refractivity contribution < 1.29 is 9.59 Å². The summed E-state index contributed by atoms with van der Waals surface area (Å²) in [6.07, 6.45) is 1.91. The molecule has 17 heavy (non-hydrogen) atoms. The zero-order valence-electron chi connectivity index (χ0n) is 10.2. The lowest BCUT2D eigenvalue weighted by molar-refractivity contribution is 0.0923. The van der Waals surface area contributed by atoms with E-state index in [2.05, 4.69) is 12.2 Å². The number of hydrogen-bond donors (Lipinski definition) is 2. The molecule has 0 aliphatic carbocycles. The molecule has 0 aliphatic rings. The van der Waals surface area contributed by atoms with E-state index in [-0.39, 0.29) is 17.5 Å². The van der Waals surface area contributed by atoms with E-state index < -0.39 is 5.91 Å². The van der Waals surface area contributed by atoms with Crippen LogP contribution in [0.2, 0.25) is 0 Å². The van der Waals surface area contributed by atoms with E-state index in [9.17, 15) is 9.59 Å². The van der Waals surface area contributed by atoms with Gasteiger partial charge in [-0.2, -0.15) is 0 Å². The molecule has 1 rings (SSSR count). The first-order chi connectivity index (χ1) is 8.06. The normalized spacial score (nSPS) is 11.9. The average Bonchev–Trinajstić information content (AvgIpc) is 2.29. The molecule has 1 unspecified atom stereocenters. The zero-order valence-corrected chi connectivity index (χ0v) is 10.2. The Kier molecular flexibility index (Phi) is 4.69. The fourth-order valence-corrected chi connectivity index (χ4v) is 1.70. The van der Waals surface area contributed by atoms with E-state index in [0.29, 0.717) is 5.56 Å². The van der Waals surface area contributed by atoms with E-state index in [4.69, 9.17) is 5.73 Å². The number of benzene rings is 1. The zero-order chi connectivity index (χ0) is 12.8. The Morgan fingerprint density at radius 1 is 1.29 bits per heavy atom. The maximum absolute atomic E-state index is 11.9. The summed E-state index contributed by atoms with van der Waals surface area (Å²) in [4.78, 5) is 23.1. The number of rotatable bonds is 5. The molecule has 0 saturated carbocycles. The van der Waals surface area contributed by atoms with Gasteiger partial charge in [-0.25, -0.2) is 0 Å². The quantitative estimate of drug-likeness (QED) is 0.814. The molecule has 0 aliphatic heterocycles. The molecule has 4 nitrogen and oxygen atoms in total. The minimum absolute atomic E-state index is 0.0911. The van der Waals surface area contributed by atoms with Crippen LogP contribution in [0.1, 0.15) is 47.4 Å². The van der Waals surface area contributed by atoms with Crippen molar-refractivity contribution in [3.8, 4) is 0 Å². The van der Waals surface area contributed by atoms with Gasteiger partial charge < -0.3 is 11.1 Å². The minimum atomic E-state index is -0.584. The van der Waals surface area contributed by atoms with Crippen LogP contribution in [0.4, 0.5) is 0 Å². The second-order valence-electron chi connectivity index (χ2n) is 4.07. The Balaban J connectivity index is 2.85. The highest BCUT2D eigenvalue weighted by Gasteiger charge is 2.15. The number of hydrogen-bond acceptors (Lipinski definition) is 2. The third-order valence-corrected chi connectivity index (χ3v) is 2.54.